The van der Waals surface area contributed by atoms with E-state index in [2.05, 4.69) is 266 Å². The molecule has 0 unspecified atom stereocenters. The third-order valence-electron chi connectivity index (χ3n) is 16.7. The molecule has 0 radical (unpaired) electrons. The van der Waals surface area contributed by atoms with Crippen LogP contribution >= 0.6 is 22.7 Å². The average Bonchev–Trinajstić information content (AvgIpc) is 4.33. The van der Waals surface area contributed by atoms with Gasteiger partial charge in [0.05, 0.1) is 22.5 Å². The topological polar surface area (TPSA) is 16.4 Å². The van der Waals surface area contributed by atoms with Crippen molar-refractivity contribution in [3.8, 4) is 55.6 Å². The van der Waals surface area contributed by atoms with Gasteiger partial charge in [-0.1, -0.05) is 224 Å². The molecule has 358 valence electrons. The minimum absolute atomic E-state index is 0.808. The highest BCUT2D eigenvalue weighted by atomic mass is 32.1. The summed E-state index contributed by atoms with van der Waals surface area (Å²) in [6, 6.07) is 97.3. The predicted molar refractivity (Wildman–Crippen MR) is 327 cm³/mol. The van der Waals surface area contributed by atoms with Crippen LogP contribution in [-0.2, 0) is 5.41 Å². The van der Waals surface area contributed by atoms with Crippen LogP contribution in [0, 0.1) is 0 Å². The molecule has 0 fully saturated rings. The molecule has 0 bridgehead atoms. The van der Waals surface area contributed by atoms with Gasteiger partial charge in [0, 0.05) is 62.2 Å². The highest BCUT2D eigenvalue weighted by Crippen LogP contribution is 2.69. The van der Waals surface area contributed by atoms with Crippen LogP contribution in [0.4, 0.5) is 17.1 Å². The molecule has 0 saturated carbocycles. The first kappa shape index (κ1) is 43.0. The fraction of sp³-hybridized carbons (Fsp3) is 0.0137. The molecule has 1 aliphatic heterocycles. The lowest BCUT2D eigenvalue weighted by Gasteiger charge is -2.46. The van der Waals surface area contributed by atoms with Crippen LogP contribution in [0.2, 0.25) is 0 Å². The van der Waals surface area contributed by atoms with Gasteiger partial charge in [-0.3, -0.25) is 0 Å². The van der Waals surface area contributed by atoms with Gasteiger partial charge in [-0.2, -0.15) is 0 Å². The Morgan fingerprint density at radius 1 is 0.312 bits per heavy atom. The second kappa shape index (κ2) is 16.3. The molecule has 0 atom stereocenters. The van der Waals surface area contributed by atoms with Crippen LogP contribution in [0.25, 0.3) is 118 Å². The van der Waals surface area contributed by atoms with E-state index in [0.717, 1.165) is 27.6 Å². The van der Waals surface area contributed by atoms with E-state index < -0.39 is 5.41 Å². The van der Waals surface area contributed by atoms with Crippen LogP contribution in [0.1, 0.15) is 22.3 Å². The predicted octanol–water partition coefficient (Wildman–Crippen LogP) is 21.1. The Morgan fingerprint density at radius 3 is 1.26 bits per heavy atom. The van der Waals surface area contributed by atoms with Gasteiger partial charge >= 0.3 is 0 Å². The number of thiophene rings is 2. The quantitative estimate of drug-likeness (QED) is 0.171. The number of rotatable bonds is 5. The zero-order chi connectivity index (χ0) is 50.3. The summed E-state index contributed by atoms with van der Waals surface area (Å²) in [7, 11) is 0. The third-order valence-corrected chi connectivity index (χ3v) is 19.1. The molecule has 3 aromatic heterocycles. The molecule has 15 aromatic rings. The standard InChI is InChI=1S/C73H43NOS2/c1-3-22-44(23-4-1)46-26-7-9-28-48(46)56-42-60-68(66-54-33-14-19-40-64(54)76-71(56)66)74(62-38-21-35-53-52-32-13-18-39-63(52)75-70(53)62)69-61(73(60)58-36-16-11-30-50(58)51-31-12-17-37-59(51)73)43-57(72-67(69)55-34-15-20-41-65(55)77-72)49-29-10-8-27-47(49)45-24-5-2-6-25-45/h1-43H. The van der Waals surface area contributed by atoms with Crippen molar-refractivity contribution in [2.75, 3.05) is 4.90 Å². The number of anilines is 3. The number of furan rings is 1. The number of hydrogen-bond donors (Lipinski definition) is 0. The first-order chi connectivity index (χ1) is 38.2. The molecule has 1 spiro atoms. The molecule has 4 heterocycles. The van der Waals surface area contributed by atoms with E-state index in [1.807, 2.05) is 22.7 Å². The summed E-state index contributed by atoms with van der Waals surface area (Å²) < 4.78 is 12.3. The second-order valence-corrected chi connectivity index (χ2v) is 22.6. The average molecular weight is 1010 g/mol. The summed E-state index contributed by atoms with van der Waals surface area (Å²) in [5.74, 6) is 0. The molecule has 0 saturated heterocycles. The van der Waals surface area contributed by atoms with E-state index in [1.54, 1.807) is 0 Å². The maximum atomic E-state index is 7.24. The molecule has 77 heavy (non-hydrogen) atoms. The van der Waals surface area contributed by atoms with E-state index in [9.17, 15) is 0 Å². The van der Waals surface area contributed by atoms with Gasteiger partial charge in [-0.15, -0.1) is 22.7 Å². The van der Waals surface area contributed by atoms with Crippen LogP contribution in [0.5, 0.6) is 0 Å². The van der Waals surface area contributed by atoms with E-state index in [-0.39, 0.29) is 0 Å². The maximum Gasteiger partial charge on any atom is 0.159 e. The molecule has 0 amide bonds. The summed E-state index contributed by atoms with van der Waals surface area (Å²) in [4.78, 5) is 2.67. The summed E-state index contributed by atoms with van der Waals surface area (Å²) >= 11 is 3.81. The Bertz CT molecular complexity index is 4690. The molecule has 12 aromatic carbocycles. The van der Waals surface area contributed by atoms with Gasteiger partial charge in [0.2, 0.25) is 0 Å². The maximum absolute atomic E-state index is 7.24. The summed E-state index contributed by atoms with van der Waals surface area (Å²) in [5, 5.41) is 7.16. The Kier molecular flexibility index (Phi) is 9.12. The lowest BCUT2D eigenvalue weighted by molar-refractivity contribution is 0.668. The van der Waals surface area contributed by atoms with Crippen molar-refractivity contribution < 1.29 is 4.42 Å². The first-order valence-corrected chi connectivity index (χ1v) is 28.0. The third kappa shape index (κ3) is 5.89. The second-order valence-electron chi connectivity index (χ2n) is 20.5. The Hall–Kier alpha value is -9.32. The minimum atomic E-state index is -0.808. The van der Waals surface area contributed by atoms with Crippen molar-refractivity contribution in [2.24, 2.45) is 0 Å². The first-order valence-electron chi connectivity index (χ1n) is 26.4. The van der Waals surface area contributed by atoms with E-state index in [0.29, 0.717) is 0 Å². The molecule has 1 aliphatic carbocycles. The van der Waals surface area contributed by atoms with Crippen LogP contribution in [-0.4, -0.2) is 0 Å². The van der Waals surface area contributed by atoms with Crippen molar-refractivity contribution in [3.63, 3.8) is 0 Å². The zero-order valence-corrected chi connectivity index (χ0v) is 43.1. The van der Waals surface area contributed by atoms with Gasteiger partial charge in [-0.25, -0.2) is 0 Å². The number of benzene rings is 12. The van der Waals surface area contributed by atoms with Crippen molar-refractivity contribution in [1.82, 2.24) is 0 Å². The Morgan fingerprint density at radius 2 is 0.727 bits per heavy atom. The minimum Gasteiger partial charge on any atom is -0.454 e. The van der Waals surface area contributed by atoms with Crippen LogP contribution in [0.3, 0.4) is 0 Å². The lowest BCUT2D eigenvalue weighted by Crippen LogP contribution is -2.36. The highest BCUT2D eigenvalue weighted by molar-refractivity contribution is 7.27. The zero-order valence-electron chi connectivity index (χ0n) is 41.5. The van der Waals surface area contributed by atoms with Gasteiger partial charge in [0.1, 0.15) is 5.58 Å². The molecular formula is C73H43NOS2. The van der Waals surface area contributed by atoms with E-state index >= 15 is 0 Å². The largest absolute Gasteiger partial charge is 0.454 e. The van der Waals surface area contributed by atoms with E-state index in [1.165, 1.54) is 130 Å². The number of hydrogen-bond acceptors (Lipinski definition) is 4. The van der Waals surface area contributed by atoms with Crippen LogP contribution in [0.15, 0.2) is 265 Å². The summed E-state index contributed by atoms with van der Waals surface area (Å²) in [6.45, 7) is 0. The van der Waals surface area contributed by atoms with Gasteiger partial charge in [0.25, 0.3) is 0 Å². The SMILES string of the molecule is c1ccc(-c2ccccc2-c2cc3c(c4c2sc2ccccc24)N(c2cccc4c2oc2ccccc24)c2c(cc(-c4ccccc4-c4ccccc4)c4sc5ccccc5c24)C32c3ccccc3-c3ccccc32)cc1. The lowest BCUT2D eigenvalue weighted by atomic mass is 9.63. The van der Waals surface area contributed by atoms with E-state index in [4.69, 9.17) is 4.42 Å². The molecule has 2 aliphatic rings. The monoisotopic (exact) mass is 1010 g/mol. The van der Waals surface area contributed by atoms with Crippen molar-refractivity contribution in [2.45, 2.75) is 5.41 Å². The molecule has 17 rings (SSSR count). The normalized spacial score (nSPS) is 13.3. The number of para-hydroxylation sites is 2. The van der Waals surface area contributed by atoms with Gasteiger partial charge in [0.15, 0.2) is 5.58 Å². The van der Waals surface area contributed by atoms with Crippen molar-refractivity contribution >= 4 is 102 Å². The molecule has 0 N–H and O–H groups in total. The van der Waals surface area contributed by atoms with Gasteiger partial charge < -0.3 is 9.32 Å². The fourth-order valence-electron chi connectivity index (χ4n) is 13.6. The van der Waals surface area contributed by atoms with Crippen molar-refractivity contribution in [3.05, 3.63) is 283 Å². The summed E-state index contributed by atoms with van der Waals surface area (Å²) in [6.07, 6.45) is 0. The summed E-state index contributed by atoms with van der Waals surface area (Å²) in [5.41, 5.74) is 21.5. The number of nitrogens with zero attached hydrogens (tertiary/aromatic N) is 1. The Balaban J connectivity index is 1.15. The van der Waals surface area contributed by atoms with Gasteiger partial charge in [-0.05, 0) is 103 Å². The molecular weight excluding hydrogens is 971 g/mol. The van der Waals surface area contributed by atoms with Crippen molar-refractivity contribution in [1.29, 1.82) is 0 Å². The molecule has 4 heteroatoms. The van der Waals surface area contributed by atoms with Crippen LogP contribution < -0.4 is 4.90 Å². The molecule has 2 nitrogen and oxygen atoms in total. The number of fused-ring (bicyclic) bond motifs is 20. The highest BCUT2D eigenvalue weighted by Gasteiger charge is 2.54. The smallest absolute Gasteiger partial charge is 0.159 e. The fourth-order valence-corrected chi connectivity index (χ4v) is 16.1. The Labute approximate surface area is 452 Å².